The summed E-state index contributed by atoms with van der Waals surface area (Å²) in [6, 6.07) is 0. The molecule has 0 saturated heterocycles. The van der Waals surface area contributed by atoms with Crippen molar-refractivity contribution in [1.29, 1.82) is 0 Å². The van der Waals surface area contributed by atoms with Crippen LogP contribution in [0.3, 0.4) is 0 Å². The highest BCUT2D eigenvalue weighted by Gasteiger charge is 2.50. The number of carboxylic acids is 1. The molecule has 1 aliphatic carbocycles. The molecule has 0 aromatic rings. The van der Waals surface area contributed by atoms with Crippen molar-refractivity contribution < 1.29 is 19.4 Å². The Balaban J connectivity index is 2.09. The van der Waals surface area contributed by atoms with Crippen LogP contribution in [0.15, 0.2) is 0 Å². The minimum absolute atomic E-state index is 0.177. The molecule has 0 atom stereocenters. The summed E-state index contributed by atoms with van der Waals surface area (Å²) < 4.78 is 4.81. The molecule has 0 aromatic carbocycles. The Morgan fingerprint density at radius 3 is 2.62 bits per heavy atom. The lowest BCUT2D eigenvalue weighted by atomic mass is 10.1. The van der Waals surface area contributed by atoms with Crippen molar-refractivity contribution in [3.63, 3.8) is 0 Å². The molecule has 0 heterocycles. The van der Waals surface area contributed by atoms with Crippen LogP contribution in [0.4, 0.5) is 0 Å². The van der Waals surface area contributed by atoms with Gasteiger partial charge in [0, 0.05) is 20.2 Å². The molecule has 1 amide bonds. The van der Waals surface area contributed by atoms with Gasteiger partial charge in [-0.3, -0.25) is 9.59 Å². The van der Waals surface area contributed by atoms with Crippen LogP contribution in [0.5, 0.6) is 0 Å². The van der Waals surface area contributed by atoms with Gasteiger partial charge in [0.05, 0.1) is 18.6 Å². The molecule has 1 fully saturated rings. The van der Waals surface area contributed by atoms with Gasteiger partial charge in [0.1, 0.15) is 0 Å². The number of hydrogen-bond acceptors (Lipinski definition) is 4. The van der Waals surface area contributed by atoms with E-state index in [1.807, 2.05) is 0 Å². The molecule has 0 aliphatic heterocycles. The molecule has 1 aliphatic rings. The largest absolute Gasteiger partial charge is 0.481 e. The van der Waals surface area contributed by atoms with E-state index in [0.29, 0.717) is 26.0 Å². The van der Waals surface area contributed by atoms with E-state index in [-0.39, 0.29) is 19.0 Å². The Morgan fingerprint density at radius 1 is 1.44 bits per heavy atom. The minimum Gasteiger partial charge on any atom is -0.481 e. The molecule has 3 N–H and O–H groups in total. The average molecular weight is 230 g/mol. The number of rotatable bonds is 8. The third-order valence-corrected chi connectivity index (χ3v) is 2.70. The zero-order valence-corrected chi connectivity index (χ0v) is 9.41. The Bertz CT molecular complexity index is 264. The fourth-order valence-electron chi connectivity index (χ4n) is 1.32. The molecule has 1 rings (SSSR count). The molecule has 6 heteroatoms. The van der Waals surface area contributed by atoms with Crippen LogP contribution in [0.1, 0.15) is 12.8 Å². The lowest BCUT2D eigenvalue weighted by Gasteiger charge is -2.11. The Labute approximate surface area is 94.3 Å². The van der Waals surface area contributed by atoms with Crippen molar-refractivity contribution in [3.05, 3.63) is 0 Å². The van der Waals surface area contributed by atoms with Gasteiger partial charge >= 0.3 is 5.97 Å². The summed E-state index contributed by atoms with van der Waals surface area (Å²) in [6.45, 7) is 1.58. The number of amides is 1. The number of methoxy groups -OCH3 is 1. The summed E-state index contributed by atoms with van der Waals surface area (Å²) in [5.41, 5.74) is -0.692. The highest BCUT2D eigenvalue weighted by atomic mass is 16.5. The summed E-state index contributed by atoms with van der Waals surface area (Å²) in [7, 11) is 1.59. The van der Waals surface area contributed by atoms with Crippen LogP contribution in [0, 0.1) is 5.41 Å². The number of ether oxygens (including phenoxy) is 1. The summed E-state index contributed by atoms with van der Waals surface area (Å²) in [5.74, 6) is -0.997. The lowest BCUT2D eigenvalue weighted by molar-refractivity contribution is -0.143. The smallest absolute Gasteiger partial charge is 0.311 e. The molecule has 0 spiro atoms. The second-order valence-corrected chi connectivity index (χ2v) is 4.03. The van der Waals surface area contributed by atoms with Crippen LogP contribution in [0.2, 0.25) is 0 Å². The zero-order chi connectivity index (χ0) is 12.0. The molecule has 0 bridgehead atoms. The Kier molecular flexibility index (Phi) is 4.70. The minimum atomic E-state index is -0.819. The first kappa shape index (κ1) is 12.9. The fourth-order valence-corrected chi connectivity index (χ4v) is 1.32. The Hall–Kier alpha value is -1.14. The topological polar surface area (TPSA) is 87.7 Å². The zero-order valence-electron chi connectivity index (χ0n) is 9.41. The third-order valence-electron chi connectivity index (χ3n) is 2.70. The van der Waals surface area contributed by atoms with Crippen molar-refractivity contribution in [2.45, 2.75) is 12.8 Å². The lowest BCUT2D eigenvalue weighted by Crippen LogP contribution is -2.39. The van der Waals surface area contributed by atoms with Crippen LogP contribution >= 0.6 is 0 Å². The van der Waals surface area contributed by atoms with E-state index >= 15 is 0 Å². The molecule has 1 saturated carbocycles. The van der Waals surface area contributed by atoms with Gasteiger partial charge in [-0.15, -0.1) is 0 Å². The first-order valence-corrected chi connectivity index (χ1v) is 5.30. The predicted molar refractivity (Wildman–Crippen MR) is 57.1 cm³/mol. The first-order chi connectivity index (χ1) is 7.60. The van der Waals surface area contributed by atoms with Crippen molar-refractivity contribution in [2.75, 3.05) is 33.4 Å². The first-order valence-electron chi connectivity index (χ1n) is 5.30. The van der Waals surface area contributed by atoms with Crippen LogP contribution in [-0.4, -0.2) is 50.3 Å². The van der Waals surface area contributed by atoms with E-state index in [1.54, 1.807) is 7.11 Å². The quantitative estimate of drug-likeness (QED) is 0.475. The summed E-state index contributed by atoms with van der Waals surface area (Å²) in [5, 5.41) is 14.4. The summed E-state index contributed by atoms with van der Waals surface area (Å²) in [6.07, 6.45) is 1.30. The van der Waals surface area contributed by atoms with E-state index in [0.717, 1.165) is 0 Å². The molecule has 0 radical (unpaired) electrons. The normalized spacial score (nSPS) is 16.8. The van der Waals surface area contributed by atoms with Gasteiger partial charge in [-0.05, 0) is 12.8 Å². The second kappa shape index (κ2) is 5.81. The maximum absolute atomic E-state index is 11.3. The van der Waals surface area contributed by atoms with Gasteiger partial charge in [-0.1, -0.05) is 0 Å². The van der Waals surface area contributed by atoms with Crippen LogP contribution in [-0.2, 0) is 14.3 Å². The number of hydrogen-bond donors (Lipinski definition) is 3. The van der Waals surface area contributed by atoms with Crippen molar-refractivity contribution in [3.8, 4) is 0 Å². The van der Waals surface area contributed by atoms with Gasteiger partial charge in [0.25, 0.3) is 0 Å². The second-order valence-electron chi connectivity index (χ2n) is 4.03. The van der Waals surface area contributed by atoms with E-state index < -0.39 is 11.4 Å². The van der Waals surface area contributed by atoms with Crippen molar-refractivity contribution >= 4 is 11.9 Å². The molecule has 0 unspecified atom stereocenters. The number of nitrogens with one attached hydrogen (secondary N) is 2. The van der Waals surface area contributed by atoms with Gasteiger partial charge < -0.3 is 20.5 Å². The SMILES string of the molecule is COCCNCC(=O)NCC1(C(=O)O)CC1. The molecule has 0 aromatic heterocycles. The highest BCUT2D eigenvalue weighted by molar-refractivity contribution is 5.81. The fraction of sp³-hybridized carbons (Fsp3) is 0.800. The molecule has 16 heavy (non-hydrogen) atoms. The maximum Gasteiger partial charge on any atom is 0.311 e. The number of carbonyl (C=O) groups excluding carboxylic acids is 1. The van der Waals surface area contributed by atoms with E-state index in [1.165, 1.54) is 0 Å². The van der Waals surface area contributed by atoms with Gasteiger partial charge in [-0.25, -0.2) is 0 Å². The summed E-state index contributed by atoms with van der Waals surface area (Å²) in [4.78, 5) is 22.1. The van der Waals surface area contributed by atoms with Gasteiger partial charge in [0.2, 0.25) is 5.91 Å². The van der Waals surface area contributed by atoms with E-state index in [4.69, 9.17) is 9.84 Å². The molecule has 6 nitrogen and oxygen atoms in total. The Morgan fingerprint density at radius 2 is 2.12 bits per heavy atom. The molecular formula is C10H18N2O4. The van der Waals surface area contributed by atoms with E-state index in [2.05, 4.69) is 10.6 Å². The number of carboxylic acid groups (broad SMARTS) is 1. The third kappa shape index (κ3) is 3.79. The van der Waals surface area contributed by atoms with Crippen LogP contribution < -0.4 is 10.6 Å². The molecule has 92 valence electrons. The van der Waals surface area contributed by atoms with Crippen molar-refractivity contribution in [2.24, 2.45) is 5.41 Å². The predicted octanol–water partition coefficient (Wildman–Crippen LogP) is -0.797. The van der Waals surface area contributed by atoms with Crippen LogP contribution in [0.25, 0.3) is 0 Å². The molecular weight excluding hydrogens is 212 g/mol. The highest BCUT2D eigenvalue weighted by Crippen LogP contribution is 2.45. The monoisotopic (exact) mass is 230 g/mol. The maximum atomic E-state index is 11.3. The van der Waals surface area contributed by atoms with Gasteiger partial charge in [0.15, 0.2) is 0 Å². The van der Waals surface area contributed by atoms with Crippen molar-refractivity contribution in [1.82, 2.24) is 10.6 Å². The number of carbonyl (C=O) groups is 2. The number of aliphatic carboxylic acids is 1. The average Bonchev–Trinajstić information content (AvgIpc) is 3.03. The van der Waals surface area contributed by atoms with E-state index in [9.17, 15) is 9.59 Å². The summed E-state index contributed by atoms with van der Waals surface area (Å²) >= 11 is 0. The standard InChI is InChI=1S/C10H18N2O4/c1-16-5-4-11-6-8(13)12-7-10(2-3-10)9(14)15/h11H,2-7H2,1H3,(H,12,13)(H,14,15). The van der Waals surface area contributed by atoms with Gasteiger partial charge in [-0.2, -0.15) is 0 Å².